The molecule has 0 radical (unpaired) electrons. The van der Waals surface area contributed by atoms with Crippen LogP contribution in [0.5, 0.6) is 0 Å². The fourth-order valence-electron chi connectivity index (χ4n) is 2.99. The Labute approximate surface area is 124 Å². The summed E-state index contributed by atoms with van der Waals surface area (Å²) in [5, 5.41) is 0. The number of nitrogens with two attached hydrogens (primary N) is 1. The van der Waals surface area contributed by atoms with Crippen LogP contribution >= 0.6 is 0 Å². The van der Waals surface area contributed by atoms with E-state index in [9.17, 15) is 0 Å². The number of nitrogens with zero attached hydrogens (tertiary/aromatic N) is 1. The highest BCUT2D eigenvalue weighted by Gasteiger charge is 2.45. The third-order valence-corrected chi connectivity index (χ3v) is 4.90. The molecule has 1 aromatic rings. The molecule has 1 fully saturated rings. The van der Waals surface area contributed by atoms with Crippen LogP contribution in [-0.4, -0.2) is 24.0 Å². The number of anilines is 1. The maximum Gasteiger partial charge on any atom is 0.0314 e. The van der Waals surface area contributed by atoms with Crippen molar-refractivity contribution >= 4 is 5.69 Å². The number of hydrogen-bond acceptors (Lipinski definition) is 2. The zero-order valence-corrected chi connectivity index (χ0v) is 13.4. The normalized spacial score (nSPS) is 18.2. The largest absolute Gasteiger partial charge is 0.399 e. The molecule has 0 bridgehead atoms. The van der Waals surface area contributed by atoms with Gasteiger partial charge in [-0.25, -0.2) is 0 Å². The molecule has 2 nitrogen and oxygen atoms in total. The standard InChI is InChI=1S/C18H30N2/c1-4-6-13-20(15(3)5-2)14-18(11-12-18)16-7-9-17(19)10-8-16/h7-10,15H,4-6,11-14,19H2,1-3H3. The highest BCUT2D eigenvalue weighted by atomic mass is 15.2. The van der Waals surface area contributed by atoms with Crippen LogP contribution in [0.3, 0.4) is 0 Å². The van der Waals surface area contributed by atoms with E-state index in [-0.39, 0.29) is 0 Å². The Bertz CT molecular complexity index is 406. The molecule has 1 aliphatic rings. The first-order chi connectivity index (χ1) is 9.61. The molecule has 1 atom stereocenters. The molecule has 0 saturated heterocycles. The minimum Gasteiger partial charge on any atom is -0.399 e. The van der Waals surface area contributed by atoms with Gasteiger partial charge in [-0.3, -0.25) is 4.90 Å². The molecule has 0 aliphatic heterocycles. The monoisotopic (exact) mass is 274 g/mol. The Morgan fingerprint density at radius 3 is 2.35 bits per heavy atom. The molecule has 1 saturated carbocycles. The summed E-state index contributed by atoms with van der Waals surface area (Å²) in [6.45, 7) is 9.40. The molecule has 1 aromatic carbocycles. The average Bonchev–Trinajstić information content (AvgIpc) is 3.24. The third kappa shape index (κ3) is 3.54. The first kappa shape index (κ1) is 15.4. The molecule has 2 heteroatoms. The second-order valence-electron chi connectivity index (χ2n) is 6.48. The molecule has 0 heterocycles. The highest BCUT2D eigenvalue weighted by molar-refractivity contribution is 5.43. The van der Waals surface area contributed by atoms with Crippen molar-refractivity contribution in [2.45, 2.75) is 64.3 Å². The maximum atomic E-state index is 5.82. The summed E-state index contributed by atoms with van der Waals surface area (Å²) >= 11 is 0. The SMILES string of the molecule is CCCCN(CC1(c2ccc(N)cc2)CC1)C(C)CC. The molecular formula is C18H30N2. The summed E-state index contributed by atoms with van der Waals surface area (Å²) in [7, 11) is 0. The molecule has 2 rings (SSSR count). The Morgan fingerprint density at radius 1 is 1.20 bits per heavy atom. The van der Waals surface area contributed by atoms with E-state index in [0.717, 1.165) is 5.69 Å². The van der Waals surface area contributed by atoms with Crippen molar-refractivity contribution in [1.29, 1.82) is 0 Å². The minimum absolute atomic E-state index is 0.408. The fraction of sp³-hybridized carbons (Fsp3) is 0.667. The lowest BCUT2D eigenvalue weighted by atomic mass is 9.94. The van der Waals surface area contributed by atoms with E-state index in [4.69, 9.17) is 5.73 Å². The lowest BCUT2D eigenvalue weighted by molar-refractivity contribution is 0.183. The molecule has 20 heavy (non-hydrogen) atoms. The van der Waals surface area contributed by atoms with E-state index in [2.05, 4.69) is 49.9 Å². The Hall–Kier alpha value is -1.02. The molecule has 1 aliphatic carbocycles. The van der Waals surface area contributed by atoms with Gasteiger partial charge in [-0.05, 0) is 56.8 Å². The lowest BCUT2D eigenvalue weighted by Crippen LogP contribution is -2.39. The van der Waals surface area contributed by atoms with Crippen LogP contribution in [0.4, 0.5) is 5.69 Å². The summed E-state index contributed by atoms with van der Waals surface area (Å²) in [5.41, 5.74) is 8.58. The molecule has 1 unspecified atom stereocenters. The molecular weight excluding hydrogens is 244 g/mol. The summed E-state index contributed by atoms with van der Waals surface area (Å²) in [6.07, 6.45) is 6.48. The van der Waals surface area contributed by atoms with Crippen molar-refractivity contribution in [2.24, 2.45) is 0 Å². The average molecular weight is 274 g/mol. The van der Waals surface area contributed by atoms with Crippen molar-refractivity contribution in [1.82, 2.24) is 4.90 Å². The van der Waals surface area contributed by atoms with Gasteiger partial charge in [0.15, 0.2) is 0 Å². The molecule has 2 N–H and O–H groups in total. The highest BCUT2D eigenvalue weighted by Crippen LogP contribution is 2.49. The van der Waals surface area contributed by atoms with Gasteiger partial charge < -0.3 is 5.73 Å². The van der Waals surface area contributed by atoms with E-state index in [0.29, 0.717) is 11.5 Å². The predicted molar refractivity (Wildman–Crippen MR) is 88.0 cm³/mol. The lowest BCUT2D eigenvalue weighted by Gasteiger charge is -2.32. The number of hydrogen-bond donors (Lipinski definition) is 1. The zero-order valence-electron chi connectivity index (χ0n) is 13.4. The van der Waals surface area contributed by atoms with E-state index < -0.39 is 0 Å². The third-order valence-electron chi connectivity index (χ3n) is 4.90. The van der Waals surface area contributed by atoms with Crippen LogP contribution in [-0.2, 0) is 5.41 Å². The molecule has 0 amide bonds. The molecule has 112 valence electrons. The fourth-order valence-corrected chi connectivity index (χ4v) is 2.99. The topological polar surface area (TPSA) is 29.3 Å². The van der Waals surface area contributed by atoms with Gasteiger partial charge in [0.05, 0.1) is 0 Å². The molecule has 0 aromatic heterocycles. The van der Waals surface area contributed by atoms with Crippen molar-refractivity contribution in [3.8, 4) is 0 Å². The van der Waals surface area contributed by atoms with Crippen LogP contribution in [0, 0.1) is 0 Å². The number of nitrogen functional groups attached to an aromatic ring is 1. The van der Waals surface area contributed by atoms with Gasteiger partial charge >= 0.3 is 0 Å². The van der Waals surface area contributed by atoms with Crippen LogP contribution in [0.15, 0.2) is 24.3 Å². The van der Waals surface area contributed by atoms with Crippen LogP contribution in [0.1, 0.15) is 58.4 Å². The van der Waals surface area contributed by atoms with Gasteiger partial charge in [-0.15, -0.1) is 0 Å². The van der Waals surface area contributed by atoms with Gasteiger partial charge in [0.2, 0.25) is 0 Å². The van der Waals surface area contributed by atoms with E-state index in [1.807, 2.05) is 0 Å². The first-order valence-corrected chi connectivity index (χ1v) is 8.21. The van der Waals surface area contributed by atoms with Crippen molar-refractivity contribution in [3.63, 3.8) is 0 Å². The molecule has 0 spiro atoms. The first-order valence-electron chi connectivity index (χ1n) is 8.21. The Morgan fingerprint density at radius 2 is 1.85 bits per heavy atom. The summed E-state index contributed by atoms with van der Waals surface area (Å²) in [6, 6.07) is 9.26. The van der Waals surface area contributed by atoms with Gasteiger partial charge in [0, 0.05) is 23.7 Å². The van der Waals surface area contributed by atoms with Crippen molar-refractivity contribution in [2.75, 3.05) is 18.8 Å². The van der Waals surface area contributed by atoms with Crippen molar-refractivity contribution < 1.29 is 0 Å². The second kappa shape index (κ2) is 6.62. The smallest absolute Gasteiger partial charge is 0.0314 e. The number of benzene rings is 1. The second-order valence-corrected chi connectivity index (χ2v) is 6.48. The summed E-state index contributed by atoms with van der Waals surface area (Å²) < 4.78 is 0. The Kier molecular flexibility index (Phi) is 5.09. The van der Waals surface area contributed by atoms with Gasteiger partial charge in [0.25, 0.3) is 0 Å². The van der Waals surface area contributed by atoms with Crippen molar-refractivity contribution in [3.05, 3.63) is 29.8 Å². The van der Waals surface area contributed by atoms with E-state index in [1.165, 1.54) is 50.8 Å². The maximum absolute atomic E-state index is 5.82. The predicted octanol–water partition coefficient (Wildman–Crippen LogP) is 4.20. The minimum atomic E-state index is 0.408. The summed E-state index contributed by atoms with van der Waals surface area (Å²) in [5.74, 6) is 0. The van der Waals surface area contributed by atoms with Crippen LogP contribution in [0.25, 0.3) is 0 Å². The zero-order chi connectivity index (χ0) is 14.6. The summed E-state index contributed by atoms with van der Waals surface area (Å²) in [4.78, 5) is 2.70. The number of unbranched alkanes of at least 4 members (excludes halogenated alkanes) is 1. The number of rotatable bonds is 8. The van der Waals surface area contributed by atoms with Gasteiger partial charge in [-0.1, -0.05) is 32.4 Å². The van der Waals surface area contributed by atoms with Gasteiger partial charge in [0.1, 0.15) is 0 Å². The van der Waals surface area contributed by atoms with E-state index in [1.54, 1.807) is 0 Å². The van der Waals surface area contributed by atoms with E-state index >= 15 is 0 Å². The van der Waals surface area contributed by atoms with Gasteiger partial charge in [-0.2, -0.15) is 0 Å². The van der Waals surface area contributed by atoms with Crippen LogP contribution < -0.4 is 5.73 Å². The van der Waals surface area contributed by atoms with Crippen LogP contribution in [0.2, 0.25) is 0 Å². The quantitative estimate of drug-likeness (QED) is 0.720. The Balaban J connectivity index is 2.06.